The number of fused-ring (bicyclic) bond motifs is 1. The van der Waals surface area contributed by atoms with Crippen molar-refractivity contribution in [3.63, 3.8) is 0 Å². The third kappa shape index (κ3) is 5.23. The second-order valence-electron chi connectivity index (χ2n) is 7.76. The normalized spacial score (nSPS) is 12.3. The highest BCUT2D eigenvalue weighted by Crippen LogP contribution is 2.31. The maximum absolute atomic E-state index is 12.7. The van der Waals surface area contributed by atoms with Gasteiger partial charge in [-0.2, -0.15) is 13.2 Å². The lowest BCUT2D eigenvalue weighted by molar-refractivity contribution is -0.139. The second-order valence-corrected chi connectivity index (χ2v) is 7.76. The second kappa shape index (κ2) is 9.35. The van der Waals surface area contributed by atoms with E-state index in [0.717, 1.165) is 22.9 Å². The maximum Gasteiger partial charge on any atom is 0.416 e. The van der Waals surface area contributed by atoms with E-state index in [1.54, 1.807) is 36.5 Å². The van der Waals surface area contributed by atoms with Gasteiger partial charge in [0.15, 0.2) is 0 Å². The molecule has 0 saturated heterocycles. The molecule has 0 saturated carbocycles. The van der Waals surface area contributed by atoms with E-state index >= 15 is 0 Å². The van der Waals surface area contributed by atoms with Gasteiger partial charge < -0.3 is 10.4 Å². The van der Waals surface area contributed by atoms with Crippen molar-refractivity contribution >= 4 is 22.6 Å². The van der Waals surface area contributed by atoms with Crippen LogP contribution in [0.2, 0.25) is 0 Å². The number of aliphatic carboxylic acids is 1. The Balaban J connectivity index is 1.46. The summed E-state index contributed by atoms with van der Waals surface area (Å²) in [6, 6.07) is 19.4. The molecule has 0 spiro atoms. The number of carbonyl (C=O) groups is 2. The first-order chi connectivity index (χ1) is 16.2. The van der Waals surface area contributed by atoms with E-state index in [1.165, 1.54) is 12.1 Å². The van der Waals surface area contributed by atoms with Gasteiger partial charge in [0, 0.05) is 18.0 Å². The van der Waals surface area contributed by atoms with Crippen LogP contribution >= 0.6 is 0 Å². The largest absolute Gasteiger partial charge is 0.480 e. The number of amides is 1. The number of hydrogen-bond donors (Lipinski definition) is 2. The van der Waals surface area contributed by atoms with Gasteiger partial charge in [0.05, 0.1) is 5.56 Å². The predicted molar refractivity (Wildman–Crippen MR) is 121 cm³/mol. The summed E-state index contributed by atoms with van der Waals surface area (Å²) in [7, 11) is 0. The standard InChI is InChI=1S/C26H19F3N2O3/c27-26(28,29)21-11-9-18(10-12-21)17-7-5-16(6-8-17)13-23(25(33)34)31-24(32)22-14-19-3-1-2-4-20(19)15-30-22/h1-12,14-15,23H,13H2,(H,31,32)(H,33,34)/t23-/m0/s1. The number of rotatable bonds is 6. The predicted octanol–water partition coefficient (Wildman–Crippen LogP) is 5.35. The molecule has 0 aliphatic heterocycles. The van der Waals surface area contributed by atoms with Gasteiger partial charge in [0.1, 0.15) is 11.7 Å². The van der Waals surface area contributed by atoms with Gasteiger partial charge in [-0.15, -0.1) is 0 Å². The van der Waals surface area contributed by atoms with Crippen molar-refractivity contribution in [1.29, 1.82) is 0 Å². The van der Waals surface area contributed by atoms with Crippen molar-refractivity contribution in [1.82, 2.24) is 10.3 Å². The Morgan fingerprint density at radius 2 is 1.47 bits per heavy atom. The molecule has 0 unspecified atom stereocenters. The molecule has 1 amide bonds. The SMILES string of the molecule is O=C(N[C@@H](Cc1ccc(-c2ccc(C(F)(F)F)cc2)cc1)C(=O)O)c1cc2ccccc2cn1. The highest BCUT2D eigenvalue weighted by molar-refractivity contribution is 5.98. The Kier molecular flexibility index (Phi) is 6.32. The topological polar surface area (TPSA) is 79.3 Å². The van der Waals surface area contributed by atoms with E-state index in [1.807, 2.05) is 24.3 Å². The van der Waals surface area contributed by atoms with Gasteiger partial charge in [0.2, 0.25) is 0 Å². The fraction of sp³-hybridized carbons (Fsp3) is 0.115. The first kappa shape index (κ1) is 23.0. The number of carboxylic acid groups (broad SMARTS) is 1. The molecule has 172 valence electrons. The average Bonchev–Trinajstić information content (AvgIpc) is 2.83. The molecular formula is C26H19F3N2O3. The zero-order chi connectivity index (χ0) is 24.3. The number of halogens is 3. The van der Waals surface area contributed by atoms with E-state index in [-0.39, 0.29) is 12.1 Å². The number of nitrogens with zero attached hydrogens (tertiary/aromatic N) is 1. The van der Waals surface area contributed by atoms with Gasteiger partial charge in [-0.3, -0.25) is 9.78 Å². The van der Waals surface area contributed by atoms with E-state index in [0.29, 0.717) is 16.7 Å². The summed E-state index contributed by atoms with van der Waals surface area (Å²) in [6.45, 7) is 0. The van der Waals surface area contributed by atoms with Crippen LogP contribution in [0.4, 0.5) is 13.2 Å². The lowest BCUT2D eigenvalue weighted by Crippen LogP contribution is -2.42. The number of carbonyl (C=O) groups excluding carboxylic acids is 1. The Bertz CT molecular complexity index is 1330. The molecule has 8 heteroatoms. The van der Waals surface area contributed by atoms with Crippen LogP contribution in [-0.4, -0.2) is 28.0 Å². The quantitative estimate of drug-likeness (QED) is 0.403. The summed E-state index contributed by atoms with van der Waals surface area (Å²) in [5.41, 5.74) is 1.32. The maximum atomic E-state index is 12.7. The summed E-state index contributed by atoms with van der Waals surface area (Å²) in [4.78, 5) is 28.5. The molecule has 1 aromatic heterocycles. The molecule has 4 aromatic rings. The number of nitrogens with one attached hydrogen (secondary N) is 1. The Morgan fingerprint density at radius 1 is 0.882 bits per heavy atom. The van der Waals surface area contributed by atoms with Crippen molar-refractivity contribution in [2.75, 3.05) is 0 Å². The Hall–Kier alpha value is -4.20. The number of alkyl halides is 3. The highest BCUT2D eigenvalue weighted by atomic mass is 19.4. The van der Waals surface area contributed by atoms with E-state index < -0.39 is 29.7 Å². The van der Waals surface area contributed by atoms with Crippen LogP contribution in [0.15, 0.2) is 85.1 Å². The monoisotopic (exact) mass is 464 g/mol. The summed E-state index contributed by atoms with van der Waals surface area (Å²) < 4.78 is 38.2. The van der Waals surface area contributed by atoms with Crippen LogP contribution in [0, 0.1) is 0 Å². The van der Waals surface area contributed by atoms with Gasteiger partial charge in [-0.25, -0.2) is 4.79 Å². The van der Waals surface area contributed by atoms with Gasteiger partial charge in [-0.1, -0.05) is 60.7 Å². The van der Waals surface area contributed by atoms with Crippen LogP contribution in [-0.2, 0) is 17.4 Å². The smallest absolute Gasteiger partial charge is 0.416 e. The minimum atomic E-state index is -4.40. The van der Waals surface area contributed by atoms with E-state index in [2.05, 4.69) is 10.3 Å². The minimum Gasteiger partial charge on any atom is -0.480 e. The van der Waals surface area contributed by atoms with Crippen molar-refractivity contribution in [2.24, 2.45) is 0 Å². The Morgan fingerprint density at radius 3 is 2.06 bits per heavy atom. The molecule has 5 nitrogen and oxygen atoms in total. The summed E-state index contributed by atoms with van der Waals surface area (Å²) in [5.74, 6) is -1.79. The van der Waals surface area contributed by atoms with Crippen molar-refractivity contribution in [2.45, 2.75) is 18.6 Å². The van der Waals surface area contributed by atoms with Crippen LogP contribution in [0.5, 0.6) is 0 Å². The lowest BCUT2D eigenvalue weighted by atomic mass is 9.99. The third-order valence-corrected chi connectivity index (χ3v) is 5.41. The molecule has 0 fully saturated rings. The summed E-state index contributed by atoms with van der Waals surface area (Å²) in [6.07, 6.45) is -2.82. The molecule has 2 N–H and O–H groups in total. The van der Waals surface area contributed by atoms with Gasteiger partial charge in [-0.05, 0) is 40.3 Å². The molecular weight excluding hydrogens is 445 g/mol. The first-order valence-corrected chi connectivity index (χ1v) is 10.4. The number of aromatic nitrogens is 1. The average molecular weight is 464 g/mol. The van der Waals surface area contributed by atoms with Gasteiger partial charge in [0.25, 0.3) is 5.91 Å². The summed E-state index contributed by atoms with van der Waals surface area (Å²) >= 11 is 0. The molecule has 4 rings (SSSR count). The van der Waals surface area contributed by atoms with Crippen molar-refractivity contribution < 1.29 is 27.9 Å². The highest BCUT2D eigenvalue weighted by Gasteiger charge is 2.30. The molecule has 0 aliphatic carbocycles. The van der Waals surface area contributed by atoms with Crippen LogP contribution < -0.4 is 5.32 Å². The zero-order valence-electron chi connectivity index (χ0n) is 17.7. The third-order valence-electron chi connectivity index (χ3n) is 5.41. The van der Waals surface area contributed by atoms with E-state index in [4.69, 9.17) is 0 Å². The fourth-order valence-electron chi connectivity index (χ4n) is 3.56. The number of hydrogen-bond acceptors (Lipinski definition) is 3. The van der Waals surface area contributed by atoms with Crippen molar-refractivity contribution in [3.05, 3.63) is 102 Å². The van der Waals surface area contributed by atoms with E-state index in [9.17, 15) is 27.9 Å². The lowest BCUT2D eigenvalue weighted by Gasteiger charge is -2.15. The number of pyridine rings is 1. The number of carboxylic acids is 1. The first-order valence-electron chi connectivity index (χ1n) is 10.4. The molecule has 34 heavy (non-hydrogen) atoms. The van der Waals surface area contributed by atoms with Crippen LogP contribution in [0.1, 0.15) is 21.6 Å². The molecule has 1 heterocycles. The molecule has 1 atom stereocenters. The minimum absolute atomic E-state index is 0.0297. The van der Waals surface area contributed by atoms with Crippen LogP contribution in [0.25, 0.3) is 21.9 Å². The molecule has 3 aromatic carbocycles. The molecule has 0 bridgehead atoms. The summed E-state index contributed by atoms with van der Waals surface area (Å²) in [5, 5.41) is 13.8. The van der Waals surface area contributed by atoms with Gasteiger partial charge >= 0.3 is 12.1 Å². The van der Waals surface area contributed by atoms with Crippen LogP contribution in [0.3, 0.4) is 0 Å². The van der Waals surface area contributed by atoms with Crippen molar-refractivity contribution in [3.8, 4) is 11.1 Å². The number of benzene rings is 3. The molecule has 0 radical (unpaired) electrons. The molecule has 0 aliphatic rings. The fourth-order valence-corrected chi connectivity index (χ4v) is 3.56. The zero-order valence-corrected chi connectivity index (χ0v) is 17.7. The Labute approximate surface area is 192 Å².